The monoisotopic (exact) mass is 313 g/mol. The molecule has 1 aliphatic heterocycles. The lowest BCUT2D eigenvalue weighted by Crippen LogP contribution is -2.43. The number of benzene rings is 1. The van der Waals surface area contributed by atoms with E-state index in [1.807, 2.05) is 0 Å². The number of halogens is 2. The molecule has 1 amide bonds. The van der Waals surface area contributed by atoms with Crippen LogP contribution in [-0.4, -0.2) is 28.4 Å². The van der Waals surface area contributed by atoms with Gasteiger partial charge < -0.3 is 10.0 Å². The molecule has 2 aliphatic rings. The molecular formula is C14H13Cl2NO3. The number of nitrogens with zero attached hydrogens (tertiary/aromatic N) is 1. The van der Waals surface area contributed by atoms with Crippen LogP contribution in [0.5, 0.6) is 0 Å². The number of hydrogen-bond acceptors (Lipinski definition) is 2. The Balaban J connectivity index is 1.86. The smallest absolute Gasteiger partial charge is 0.319 e. The van der Waals surface area contributed by atoms with E-state index in [4.69, 9.17) is 23.2 Å². The van der Waals surface area contributed by atoms with Gasteiger partial charge in [-0.15, -0.1) is 0 Å². The van der Waals surface area contributed by atoms with Crippen molar-refractivity contribution in [1.29, 1.82) is 0 Å². The standard InChI is InChI=1S/C14H13Cl2NO3/c15-9-5-8-7-17(4-1-10(8)11(16)6-9)12(18)14(2-3-14)13(19)20/h5-6H,1-4,7H2,(H,19,20). The van der Waals surface area contributed by atoms with Gasteiger partial charge in [-0.1, -0.05) is 23.2 Å². The van der Waals surface area contributed by atoms with Crippen molar-refractivity contribution >= 4 is 35.1 Å². The number of fused-ring (bicyclic) bond motifs is 1. The van der Waals surface area contributed by atoms with Gasteiger partial charge in [0, 0.05) is 23.1 Å². The summed E-state index contributed by atoms with van der Waals surface area (Å²) in [6.07, 6.45) is 1.49. The molecule has 0 atom stereocenters. The second-order valence-electron chi connectivity index (χ2n) is 5.39. The zero-order chi connectivity index (χ0) is 14.5. The normalized spacial score (nSPS) is 19.4. The van der Waals surface area contributed by atoms with Gasteiger partial charge in [-0.2, -0.15) is 0 Å². The third-order valence-electron chi connectivity index (χ3n) is 4.10. The van der Waals surface area contributed by atoms with Crippen LogP contribution in [0.1, 0.15) is 24.0 Å². The van der Waals surface area contributed by atoms with Crippen LogP contribution in [0.15, 0.2) is 12.1 Å². The molecule has 0 spiro atoms. The molecule has 6 heteroatoms. The topological polar surface area (TPSA) is 57.6 Å². The number of carbonyl (C=O) groups is 2. The molecule has 3 rings (SSSR count). The molecule has 20 heavy (non-hydrogen) atoms. The van der Waals surface area contributed by atoms with E-state index in [0.29, 0.717) is 42.4 Å². The number of carboxylic acids is 1. The van der Waals surface area contributed by atoms with E-state index in [-0.39, 0.29) is 5.91 Å². The third-order valence-corrected chi connectivity index (χ3v) is 4.66. The molecule has 1 N–H and O–H groups in total. The highest BCUT2D eigenvalue weighted by Crippen LogP contribution is 2.48. The van der Waals surface area contributed by atoms with Crippen LogP contribution in [0.4, 0.5) is 0 Å². The molecule has 0 radical (unpaired) electrons. The van der Waals surface area contributed by atoms with Gasteiger partial charge >= 0.3 is 5.97 Å². The number of carbonyl (C=O) groups excluding carboxylic acids is 1. The van der Waals surface area contributed by atoms with Crippen molar-refractivity contribution in [3.63, 3.8) is 0 Å². The van der Waals surface area contributed by atoms with Gasteiger partial charge in [0.2, 0.25) is 5.91 Å². The van der Waals surface area contributed by atoms with Crippen LogP contribution in [-0.2, 0) is 22.6 Å². The molecular weight excluding hydrogens is 301 g/mol. The van der Waals surface area contributed by atoms with Crippen molar-refractivity contribution in [1.82, 2.24) is 4.90 Å². The van der Waals surface area contributed by atoms with Gasteiger partial charge in [0.1, 0.15) is 5.41 Å². The summed E-state index contributed by atoms with van der Waals surface area (Å²) < 4.78 is 0. The zero-order valence-corrected chi connectivity index (χ0v) is 12.2. The lowest BCUT2D eigenvalue weighted by molar-refractivity contribution is -0.153. The zero-order valence-electron chi connectivity index (χ0n) is 10.7. The van der Waals surface area contributed by atoms with Gasteiger partial charge in [0.25, 0.3) is 0 Å². The Morgan fingerprint density at radius 2 is 1.95 bits per heavy atom. The highest BCUT2D eigenvalue weighted by Gasteiger charge is 2.58. The van der Waals surface area contributed by atoms with Crippen LogP contribution in [0.3, 0.4) is 0 Å². The highest BCUT2D eigenvalue weighted by atomic mass is 35.5. The average molecular weight is 314 g/mol. The molecule has 1 aromatic carbocycles. The maximum atomic E-state index is 12.4. The molecule has 0 saturated heterocycles. The van der Waals surface area contributed by atoms with Gasteiger partial charge in [-0.3, -0.25) is 9.59 Å². The molecule has 1 aliphatic carbocycles. The number of carboxylic acid groups (broad SMARTS) is 1. The molecule has 1 aromatic rings. The van der Waals surface area contributed by atoms with Crippen molar-refractivity contribution in [2.45, 2.75) is 25.8 Å². The number of rotatable bonds is 2. The minimum Gasteiger partial charge on any atom is -0.480 e. The minimum atomic E-state index is -1.18. The van der Waals surface area contributed by atoms with E-state index in [2.05, 4.69) is 0 Å². The molecule has 0 bridgehead atoms. The van der Waals surface area contributed by atoms with E-state index in [1.165, 1.54) is 0 Å². The van der Waals surface area contributed by atoms with E-state index in [1.54, 1.807) is 17.0 Å². The Labute approximate surface area is 126 Å². The summed E-state index contributed by atoms with van der Waals surface area (Å²) in [4.78, 5) is 25.2. The van der Waals surface area contributed by atoms with E-state index in [0.717, 1.165) is 11.1 Å². The quantitative estimate of drug-likeness (QED) is 0.854. The summed E-state index contributed by atoms with van der Waals surface area (Å²) in [7, 11) is 0. The van der Waals surface area contributed by atoms with E-state index in [9.17, 15) is 14.7 Å². The van der Waals surface area contributed by atoms with Crippen molar-refractivity contribution in [2.75, 3.05) is 6.54 Å². The van der Waals surface area contributed by atoms with Crippen LogP contribution >= 0.6 is 23.2 Å². The second kappa shape index (κ2) is 4.64. The van der Waals surface area contributed by atoms with Gasteiger partial charge in [-0.25, -0.2) is 0 Å². The van der Waals surface area contributed by atoms with E-state index < -0.39 is 11.4 Å². The summed E-state index contributed by atoms with van der Waals surface area (Å²) in [5.74, 6) is -1.30. The fraction of sp³-hybridized carbons (Fsp3) is 0.429. The van der Waals surface area contributed by atoms with Crippen LogP contribution < -0.4 is 0 Å². The predicted molar refractivity (Wildman–Crippen MR) is 74.9 cm³/mol. The van der Waals surface area contributed by atoms with E-state index >= 15 is 0 Å². The van der Waals surface area contributed by atoms with Crippen molar-refractivity contribution in [2.24, 2.45) is 5.41 Å². The molecule has 106 valence electrons. The maximum Gasteiger partial charge on any atom is 0.319 e. The first-order chi connectivity index (χ1) is 9.44. The number of hydrogen-bond donors (Lipinski definition) is 1. The van der Waals surface area contributed by atoms with Crippen molar-refractivity contribution in [3.05, 3.63) is 33.3 Å². The molecule has 0 aromatic heterocycles. The van der Waals surface area contributed by atoms with Crippen LogP contribution in [0, 0.1) is 5.41 Å². The Kier molecular flexibility index (Phi) is 3.18. The number of amides is 1. The van der Waals surface area contributed by atoms with Crippen molar-refractivity contribution in [3.8, 4) is 0 Å². The molecule has 1 fully saturated rings. The third kappa shape index (κ3) is 2.07. The Morgan fingerprint density at radius 1 is 1.25 bits per heavy atom. The summed E-state index contributed by atoms with van der Waals surface area (Å²) in [5, 5.41) is 10.3. The summed E-state index contributed by atoms with van der Waals surface area (Å²) in [5.41, 5.74) is 0.725. The Morgan fingerprint density at radius 3 is 2.55 bits per heavy atom. The Hall–Kier alpha value is -1.26. The van der Waals surface area contributed by atoms with Crippen LogP contribution in [0.25, 0.3) is 0 Å². The minimum absolute atomic E-state index is 0.285. The summed E-state index contributed by atoms with van der Waals surface area (Å²) in [6.45, 7) is 0.881. The summed E-state index contributed by atoms with van der Waals surface area (Å²) >= 11 is 12.1. The Bertz CT molecular complexity index is 611. The fourth-order valence-electron chi connectivity index (χ4n) is 2.73. The predicted octanol–water partition coefficient (Wildman–Crippen LogP) is 2.74. The first-order valence-electron chi connectivity index (χ1n) is 6.43. The SMILES string of the molecule is O=C(O)C1(C(=O)N2CCc3c(Cl)cc(Cl)cc3C2)CC1. The first-order valence-corrected chi connectivity index (χ1v) is 7.19. The fourth-order valence-corrected chi connectivity index (χ4v) is 3.36. The molecule has 4 nitrogen and oxygen atoms in total. The largest absolute Gasteiger partial charge is 0.480 e. The average Bonchev–Trinajstić information content (AvgIpc) is 3.18. The highest BCUT2D eigenvalue weighted by molar-refractivity contribution is 6.35. The van der Waals surface area contributed by atoms with Gasteiger partial charge in [-0.05, 0) is 42.5 Å². The molecule has 1 heterocycles. The molecule has 0 unspecified atom stereocenters. The maximum absolute atomic E-state index is 12.4. The first kappa shape index (κ1) is 13.7. The van der Waals surface area contributed by atoms with Gasteiger partial charge in [0.05, 0.1) is 0 Å². The number of aliphatic carboxylic acids is 1. The van der Waals surface area contributed by atoms with Crippen LogP contribution in [0.2, 0.25) is 10.0 Å². The second-order valence-corrected chi connectivity index (χ2v) is 6.23. The summed E-state index contributed by atoms with van der Waals surface area (Å²) in [6, 6.07) is 3.49. The molecule has 1 saturated carbocycles. The van der Waals surface area contributed by atoms with Crippen molar-refractivity contribution < 1.29 is 14.7 Å². The lowest BCUT2D eigenvalue weighted by Gasteiger charge is -2.31. The lowest BCUT2D eigenvalue weighted by atomic mass is 9.97. The van der Waals surface area contributed by atoms with Gasteiger partial charge in [0.15, 0.2) is 0 Å².